The summed E-state index contributed by atoms with van der Waals surface area (Å²) in [6.07, 6.45) is 1.04. The van der Waals surface area contributed by atoms with E-state index in [-0.39, 0.29) is 11.7 Å². The zero-order valence-electron chi connectivity index (χ0n) is 12.6. The van der Waals surface area contributed by atoms with Crippen molar-refractivity contribution in [2.24, 2.45) is 0 Å². The van der Waals surface area contributed by atoms with Crippen LogP contribution in [0.2, 0.25) is 0 Å². The summed E-state index contributed by atoms with van der Waals surface area (Å²) in [6, 6.07) is 1.94. The highest BCUT2D eigenvalue weighted by atomic mass is 32.1. The van der Waals surface area contributed by atoms with Crippen molar-refractivity contribution in [2.45, 2.75) is 45.9 Å². The van der Waals surface area contributed by atoms with Gasteiger partial charge in [0.25, 0.3) is 5.56 Å². The first-order chi connectivity index (χ1) is 10.1. The molecule has 2 unspecified atom stereocenters. The van der Waals surface area contributed by atoms with Crippen LogP contribution >= 0.6 is 11.3 Å². The van der Waals surface area contributed by atoms with E-state index in [9.17, 15) is 4.79 Å². The van der Waals surface area contributed by atoms with Crippen molar-refractivity contribution < 1.29 is 4.74 Å². The molecule has 0 N–H and O–H groups in total. The Morgan fingerprint density at radius 2 is 2.29 bits per heavy atom. The number of aryl methyl sites for hydroxylation is 1. The summed E-state index contributed by atoms with van der Waals surface area (Å²) in [4.78, 5) is 19.7. The molecule has 1 aliphatic rings. The second kappa shape index (κ2) is 5.82. The maximum Gasteiger partial charge on any atom is 0.275 e. The van der Waals surface area contributed by atoms with Crippen molar-refractivity contribution in [1.82, 2.24) is 19.5 Å². The van der Waals surface area contributed by atoms with Crippen LogP contribution in [0, 0.1) is 0 Å². The smallest absolute Gasteiger partial charge is 0.275 e. The van der Waals surface area contributed by atoms with E-state index in [0.29, 0.717) is 17.5 Å². The summed E-state index contributed by atoms with van der Waals surface area (Å²) in [5.74, 6) is 0. The minimum atomic E-state index is -0.0973. The van der Waals surface area contributed by atoms with E-state index in [4.69, 9.17) is 4.74 Å². The number of hydrogen-bond donors (Lipinski definition) is 0. The fourth-order valence-electron chi connectivity index (χ4n) is 2.52. The van der Waals surface area contributed by atoms with Gasteiger partial charge in [-0.05, 0) is 20.3 Å². The summed E-state index contributed by atoms with van der Waals surface area (Å²) in [5, 5.41) is 5.21. The molecule has 0 aliphatic carbocycles. The van der Waals surface area contributed by atoms with Crippen molar-refractivity contribution >= 4 is 16.3 Å². The van der Waals surface area contributed by atoms with Gasteiger partial charge in [0.15, 0.2) is 0 Å². The first kappa shape index (κ1) is 14.6. The molecular formula is C14H20N4O2S. The lowest BCUT2D eigenvalue weighted by atomic mass is 10.2. The minimum absolute atomic E-state index is 0.0973. The predicted octanol–water partition coefficient (Wildman–Crippen LogP) is 1.32. The first-order valence-corrected chi connectivity index (χ1v) is 8.12. The Morgan fingerprint density at radius 3 is 3.05 bits per heavy atom. The van der Waals surface area contributed by atoms with E-state index in [1.807, 2.05) is 6.92 Å². The Kier molecular flexibility index (Phi) is 4.05. The van der Waals surface area contributed by atoms with Crippen LogP contribution in [-0.2, 0) is 17.7 Å². The Labute approximate surface area is 127 Å². The average molecular weight is 308 g/mol. The van der Waals surface area contributed by atoms with Crippen molar-refractivity contribution in [3.8, 4) is 0 Å². The summed E-state index contributed by atoms with van der Waals surface area (Å²) in [7, 11) is 0. The van der Waals surface area contributed by atoms with Crippen LogP contribution in [-0.4, -0.2) is 44.8 Å². The van der Waals surface area contributed by atoms with Crippen LogP contribution in [0.4, 0.5) is 0 Å². The number of nitrogens with zero attached hydrogens (tertiary/aromatic N) is 4. The van der Waals surface area contributed by atoms with E-state index < -0.39 is 0 Å². The van der Waals surface area contributed by atoms with Crippen LogP contribution in [0.15, 0.2) is 10.9 Å². The summed E-state index contributed by atoms with van der Waals surface area (Å²) in [6.45, 7) is 8.51. The summed E-state index contributed by atoms with van der Waals surface area (Å²) >= 11 is 1.49. The van der Waals surface area contributed by atoms with Gasteiger partial charge >= 0.3 is 0 Å². The molecule has 0 aromatic carbocycles. The number of aromatic nitrogens is 3. The van der Waals surface area contributed by atoms with Gasteiger partial charge in [0, 0.05) is 25.2 Å². The molecule has 7 heteroatoms. The largest absolute Gasteiger partial charge is 0.376 e. The summed E-state index contributed by atoms with van der Waals surface area (Å²) < 4.78 is 7.04. The lowest BCUT2D eigenvalue weighted by Crippen LogP contribution is -2.46. The standard InChI is InChI=1S/C14H20N4O2S/c1-4-12-16-18-13(19)5-11(15-14(18)21-12)7-17-6-10(3)20-8-9(17)2/h5,9-10H,4,6-8H2,1-3H3. The Morgan fingerprint density at radius 1 is 1.48 bits per heavy atom. The number of morpholine rings is 1. The third-order valence-corrected chi connectivity index (χ3v) is 4.80. The normalized spacial score (nSPS) is 23.8. The molecule has 0 amide bonds. The van der Waals surface area contributed by atoms with Crippen molar-refractivity contribution in [1.29, 1.82) is 0 Å². The molecule has 3 heterocycles. The number of fused-ring (bicyclic) bond motifs is 1. The van der Waals surface area contributed by atoms with Gasteiger partial charge in [-0.2, -0.15) is 9.61 Å². The quantitative estimate of drug-likeness (QED) is 0.856. The van der Waals surface area contributed by atoms with E-state index in [0.717, 1.165) is 30.3 Å². The molecule has 1 aliphatic heterocycles. The zero-order chi connectivity index (χ0) is 15.0. The number of hydrogen-bond acceptors (Lipinski definition) is 6. The molecule has 3 rings (SSSR count). The van der Waals surface area contributed by atoms with Gasteiger partial charge in [0.2, 0.25) is 4.96 Å². The molecular weight excluding hydrogens is 288 g/mol. The van der Waals surface area contributed by atoms with Gasteiger partial charge in [-0.25, -0.2) is 4.98 Å². The topological polar surface area (TPSA) is 59.7 Å². The van der Waals surface area contributed by atoms with Gasteiger partial charge in [0.1, 0.15) is 5.01 Å². The number of rotatable bonds is 3. The second-order valence-corrected chi connectivity index (χ2v) is 6.59. The highest BCUT2D eigenvalue weighted by Gasteiger charge is 2.24. The molecule has 1 fully saturated rings. The summed E-state index contributed by atoms with van der Waals surface area (Å²) in [5.41, 5.74) is 0.715. The molecule has 0 radical (unpaired) electrons. The third kappa shape index (κ3) is 3.00. The van der Waals surface area contributed by atoms with E-state index >= 15 is 0 Å². The van der Waals surface area contributed by atoms with Gasteiger partial charge < -0.3 is 4.74 Å². The molecule has 2 aromatic rings. The highest BCUT2D eigenvalue weighted by molar-refractivity contribution is 7.16. The van der Waals surface area contributed by atoms with Crippen LogP contribution in [0.3, 0.4) is 0 Å². The lowest BCUT2D eigenvalue weighted by molar-refractivity contribution is -0.0530. The predicted molar refractivity (Wildman–Crippen MR) is 81.8 cm³/mol. The average Bonchev–Trinajstić information content (AvgIpc) is 2.86. The van der Waals surface area contributed by atoms with Crippen LogP contribution < -0.4 is 5.56 Å². The monoisotopic (exact) mass is 308 g/mol. The van der Waals surface area contributed by atoms with E-state index in [1.165, 1.54) is 15.9 Å². The SMILES string of the molecule is CCc1nn2c(=O)cc(CN3CC(C)OCC3C)nc2s1. The molecule has 2 atom stereocenters. The Balaban J connectivity index is 1.88. The van der Waals surface area contributed by atoms with Gasteiger partial charge in [-0.15, -0.1) is 0 Å². The Hall–Kier alpha value is -1.31. The number of ether oxygens (including phenoxy) is 1. The second-order valence-electron chi connectivity index (χ2n) is 5.55. The minimum Gasteiger partial charge on any atom is -0.376 e. The molecule has 1 saturated heterocycles. The molecule has 0 saturated carbocycles. The molecule has 0 spiro atoms. The van der Waals surface area contributed by atoms with Gasteiger partial charge in [-0.3, -0.25) is 9.69 Å². The zero-order valence-corrected chi connectivity index (χ0v) is 13.4. The van der Waals surface area contributed by atoms with Crippen LogP contribution in [0.1, 0.15) is 31.5 Å². The van der Waals surface area contributed by atoms with E-state index in [2.05, 4.69) is 28.8 Å². The molecule has 21 heavy (non-hydrogen) atoms. The fourth-order valence-corrected chi connectivity index (χ4v) is 3.38. The first-order valence-electron chi connectivity index (χ1n) is 7.31. The van der Waals surface area contributed by atoms with Crippen molar-refractivity contribution in [2.75, 3.05) is 13.2 Å². The Bertz CT molecular complexity index is 696. The fraction of sp³-hybridized carbons (Fsp3) is 0.643. The molecule has 6 nitrogen and oxygen atoms in total. The van der Waals surface area contributed by atoms with Crippen LogP contribution in [0.5, 0.6) is 0 Å². The van der Waals surface area contributed by atoms with Gasteiger partial charge in [-0.1, -0.05) is 18.3 Å². The van der Waals surface area contributed by atoms with Crippen molar-refractivity contribution in [3.05, 3.63) is 27.1 Å². The van der Waals surface area contributed by atoms with E-state index in [1.54, 1.807) is 6.07 Å². The molecule has 2 aromatic heterocycles. The molecule has 0 bridgehead atoms. The van der Waals surface area contributed by atoms with Crippen molar-refractivity contribution in [3.63, 3.8) is 0 Å². The molecule has 114 valence electrons. The van der Waals surface area contributed by atoms with Crippen LogP contribution in [0.25, 0.3) is 4.96 Å². The maximum atomic E-state index is 12.1. The lowest BCUT2D eigenvalue weighted by Gasteiger charge is -2.36. The third-order valence-electron chi connectivity index (χ3n) is 3.74. The maximum absolute atomic E-state index is 12.1. The highest BCUT2D eigenvalue weighted by Crippen LogP contribution is 2.16. The van der Waals surface area contributed by atoms with Gasteiger partial charge in [0.05, 0.1) is 18.4 Å².